The Bertz CT molecular complexity index is 711. The zero-order chi connectivity index (χ0) is 15.0. The van der Waals surface area contributed by atoms with Crippen LogP contribution in [0.25, 0.3) is 6.08 Å². The van der Waals surface area contributed by atoms with Gasteiger partial charge in [0.15, 0.2) is 0 Å². The van der Waals surface area contributed by atoms with Crippen molar-refractivity contribution in [2.75, 3.05) is 0 Å². The van der Waals surface area contributed by atoms with E-state index in [1.54, 1.807) is 24.3 Å². The second-order valence-electron chi connectivity index (χ2n) is 4.82. The molecule has 1 heterocycles. The summed E-state index contributed by atoms with van der Waals surface area (Å²) in [6, 6.07) is 4.82. The molecule has 0 saturated heterocycles. The first kappa shape index (κ1) is 13.2. The topological polar surface area (TPSA) is 83.8 Å². The van der Waals surface area contributed by atoms with Crippen molar-refractivity contribution < 1.29 is 24.5 Å². The zero-order valence-corrected chi connectivity index (χ0v) is 10.9. The van der Waals surface area contributed by atoms with Crippen molar-refractivity contribution >= 4 is 18.0 Å². The lowest BCUT2D eigenvalue weighted by molar-refractivity contribution is -0.133. The van der Waals surface area contributed by atoms with Crippen LogP contribution in [0.2, 0.25) is 0 Å². The standard InChI is InChI=1S/C16H12O5/c17-15(18)11-5-1-3-9-7-8-10-4-2-6-12(16(19)20)14(10)21-13(9)11/h1-9,13H,(H,17,18)(H,19,20). The zero-order valence-electron chi connectivity index (χ0n) is 10.9. The number of fused-ring (bicyclic) bond motifs is 2. The number of para-hydroxylation sites is 1. The molecule has 0 bridgehead atoms. The minimum absolute atomic E-state index is 0.0251. The van der Waals surface area contributed by atoms with Crippen molar-refractivity contribution in [3.63, 3.8) is 0 Å². The number of benzene rings is 1. The van der Waals surface area contributed by atoms with E-state index in [1.165, 1.54) is 12.1 Å². The fourth-order valence-corrected chi connectivity index (χ4v) is 2.52. The second kappa shape index (κ2) is 4.94. The van der Waals surface area contributed by atoms with Gasteiger partial charge in [0.25, 0.3) is 0 Å². The monoisotopic (exact) mass is 284 g/mol. The molecule has 2 N–H and O–H groups in total. The van der Waals surface area contributed by atoms with Gasteiger partial charge in [0.2, 0.25) is 0 Å². The van der Waals surface area contributed by atoms with Gasteiger partial charge in [-0.15, -0.1) is 0 Å². The third-order valence-electron chi connectivity index (χ3n) is 3.53. The summed E-state index contributed by atoms with van der Waals surface area (Å²) >= 11 is 0. The maximum atomic E-state index is 11.3. The average Bonchev–Trinajstić information content (AvgIpc) is 2.65. The van der Waals surface area contributed by atoms with Crippen LogP contribution in [0.15, 0.2) is 48.1 Å². The lowest BCUT2D eigenvalue weighted by Gasteiger charge is -2.26. The van der Waals surface area contributed by atoms with Gasteiger partial charge in [-0.2, -0.15) is 0 Å². The molecule has 21 heavy (non-hydrogen) atoms. The number of aliphatic carboxylic acids is 1. The number of aromatic carboxylic acids is 1. The number of rotatable bonds is 2. The minimum atomic E-state index is -1.11. The van der Waals surface area contributed by atoms with E-state index in [1.807, 2.05) is 12.2 Å². The Kier molecular flexibility index (Phi) is 3.10. The quantitative estimate of drug-likeness (QED) is 0.871. The summed E-state index contributed by atoms with van der Waals surface area (Å²) in [5.41, 5.74) is 0.764. The van der Waals surface area contributed by atoms with Crippen LogP contribution in [-0.2, 0) is 4.79 Å². The van der Waals surface area contributed by atoms with Crippen LogP contribution in [0, 0.1) is 5.92 Å². The van der Waals surface area contributed by atoms with Crippen molar-refractivity contribution in [1.82, 2.24) is 0 Å². The van der Waals surface area contributed by atoms with Gasteiger partial charge in [0.05, 0.1) is 5.57 Å². The van der Waals surface area contributed by atoms with Crippen LogP contribution in [-0.4, -0.2) is 28.3 Å². The van der Waals surface area contributed by atoms with E-state index in [9.17, 15) is 19.8 Å². The molecule has 0 spiro atoms. The molecule has 2 atom stereocenters. The Balaban J connectivity index is 2.11. The Labute approximate surface area is 120 Å². The van der Waals surface area contributed by atoms with Gasteiger partial charge in [0, 0.05) is 11.5 Å². The van der Waals surface area contributed by atoms with Crippen LogP contribution >= 0.6 is 0 Å². The lowest BCUT2D eigenvalue weighted by Crippen LogP contribution is -2.32. The Morgan fingerprint density at radius 2 is 1.90 bits per heavy atom. The van der Waals surface area contributed by atoms with Gasteiger partial charge >= 0.3 is 11.9 Å². The van der Waals surface area contributed by atoms with Gasteiger partial charge in [-0.05, 0) is 12.1 Å². The van der Waals surface area contributed by atoms with Crippen molar-refractivity contribution in [3.05, 3.63) is 59.2 Å². The van der Waals surface area contributed by atoms with Gasteiger partial charge in [-0.3, -0.25) is 0 Å². The minimum Gasteiger partial charge on any atom is -0.483 e. The maximum absolute atomic E-state index is 11.3. The molecule has 5 heteroatoms. The van der Waals surface area contributed by atoms with Gasteiger partial charge < -0.3 is 14.9 Å². The van der Waals surface area contributed by atoms with Crippen molar-refractivity contribution in [1.29, 1.82) is 0 Å². The van der Waals surface area contributed by atoms with Crippen LogP contribution in [0.1, 0.15) is 15.9 Å². The summed E-state index contributed by atoms with van der Waals surface area (Å²) < 4.78 is 5.78. The van der Waals surface area contributed by atoms with Crippen LogP contribution in [0.5, 0.6) is 5.75 Å². The van der Waals surface area contributed by atoms with Crippen LogP contribution in [0.4, 0.5) is 0 Å². The number of ether oxygens (including phenoxy) is 1. The Morgan fingerprint density at radius 1 is 1.10 bits per heavy atom. The molecular weight excluding hydrogens is 272 g/mol. The van der Waals surface area contributed by atoms with E-state index in [-0.39, 0.29) is 22.8 Å². The molecule has 0 saturated carbocycles. The molecule has 2 unspecified atom stereocenters. The molecule has 1 aliphatic carbocycles. The van der Waals surface area contributed by atoms with E-state index in [0.717, 1.165) is 0 Å². The van der Waals surface area contributed by atoms with E-state index in [0.29, 0.717) is 5.56 Å². The Morgan fingerprint density at radius 3 is 2.62 bits per heavy atom. The molecule has 3 rings (SSSR count). The first-order valence-electron chi connectivity index (χ1n) is 6.41. The molecule has 1 aliphatic heterocycles. The second-order valence-corrected chi connectivity index (χ2v) is 4.82. The van der Waals surface area contributed by atoms with Crippen molar-refractivity contribution in [3.8, 4) is 5.75 Å². The third kappa shape index (κ3) is 2.23. The molecule has 0 aromatic heterocycles. The largest absolute Gasteiger partial charge is 0.483 e. The van der Waals surface area contributed by atoms with Crippen LogP contribution < -0.4 is 4.74 Å². The number of carboxylic acid groups (broad SMARTS) is 2. The third-order valence-corrected chi connectivity index (χ3v) is 3.53. The fraction of sp³-hybridized carbons (Fsp3) is 0.125. The summed E-state index contributed by atoms with van der Waals surface area (Å²) in [4.78, 5) is 22.6. The summed E-state index contributed by atoms with van der Waals surface area (Å²) in [5, 5.41) is 18.5. The molecule has 106 valence electrons. The highest BCUT2D eigenvalue weighted by Gasteiger charge is 2.33. The van der Waals surface area contributed by atoms with E-state index >= 15 is 0 Å². The molecule has 1 aromatic rings. The lowest BCUT2D eigenvalue weighted by atomic mass is 9.90. The fourth-order valence-electron chi connectivity index (χ4n) is 2.52. The predicted molar refractivity (Wildman–Crippen MR) is 75.2 cm³/mol. The van der Waals surface area contributed by atoms with E-state index < -0.39 is 18.0 Å². The predicted octanol–water partition coefficient (Wildman–Crippen LogP) is 2.36. The molecule has 0 fully saturated rings. The van der Waals surface area contributed by atoms with Crippen LogP contribution in [0.3, 0.4) is 0 Å². The average molecular weight is 284 g/mol. The summed E-state index contributed by atoms with van der Waals surface area (Å²) in [6.45, 7) is 0. The van der Waals surface area contributed by atoms with Crippen molar-refractivity contribution in [2.45, 2.75) is 6.10 Å². The highest BCUT2D eigenvalue weighted by molar-refractivity contribution is 5.93. The molecular formula is C16H12O5. The van der Waals surface area contributed by atoms with Gasteiger partial charge in [-0.25, -0.2) is 9.59 Å². The molecule has 1 aromatic carbocycles. The van der Waals surface area contributed by atoms with Crippen molar-refractivity contribution in [2.24, 2.45) is 5.92 Å². The molecule has 0 amide bonds. The number of carboxylic acids is 2. The normalized spacial score (nSPS) is 22.4. The highest BCUT2D eigenvalue weighted by atomic mass is 16.5. The number of hydrogen-bond acceptors (Lipinski definition) is 3. The van der Waals surface area contributed by atoms with Gasteiger partial charge in [-0.1, -0.05) is 36.4 Å². The van der Waals surface area contributed by atoms with E-state index in [4.69, 9.17) is 4.74 Å². The SMILES string of the molecule is O=C(O)C1=CC=CC2C=Cc3cccc(C(=O)O)c3OC12. The first-order chi connectivity index (χ1) is 10.1. The smallest absolute Gasteiger partial charge is 0.339 e. The molecule has 2 aliphatic rings. The maximum Gasteiger partial charge on any atom is 0.339 e. The highest BCUT2D eigenvalue weighted by Crippen LogP contribution is 2.35. The summed E-state index contributed by atoms with van der Waals surface area (Å²) in [5.74, 6) is -2.21. The molecule has 5 nitrogen and oxygen atoms in total. The molecule has 0 radical (unpaired) electrons. The number of carbonyl (C=O) groups is 2. The Hall–Kier alpha value is -2.82. The number of hydrogen-bond donors (Lipinski definition) is 2. The number of allylic oxidation sites excluding steroid dienone is 2. The van der Waals surface area contributed by atoms with E-state index in [2.05, 4.69) is 0 Å². The van der Waals surface area contributed by atoms with Gasteiger partial charge in [0.1, 0.15) is 17.4 Å². The summed E-state index contributed by atoms with van der Waals surface area (Å²) in [6.07, 6.45) is 7.85. The first-order valence-corrected chi connectivity index (χ1v) is 6.41. The summed E-state index contributed by atoms with van der Waals surface area (Å²) in [7, 11) is 0.